The zero-order valence-corrected chi connectivity index (χ0v) is 16.7. The fraction of sp³-hybridized carbons (Fsp3) is 0.750. The number of allylic oxidation sites excluding steroid dienone is 1. The Bertz CT molecular complexity index is 598. The van der Waals surface area contributed by atoms with Crippen molar-refractivity contribution in [3.8, 4) is 0 Å². The molecule has 0 unspecified atom stereocenters. The van der Waals surface area contributed by atoms with Crippen LogP contribution in [0.25, 0.3) is 0 Å². The molecule has 1 aliphatic carbocycles. The van der Waals surface area contributed by atoms with Gasteiger partial charge < -0.3 is 9.47 Å². The van der Waals surface area contributed by atoms with Crippen molar-refractivity contribution in [1.29, 1.82) is 0 Å². The number of rotatable bonds is 3. The van der Waals surface area contributed by atoms with Gasteiger partial charge in [0.25, 0.3) is 0 Å². The van der Waals surface area contributed by atoms with Crippen LogP contribution in [0.4, 0.5) is 4.79 Å². The summed E-state index contributed by atoms with van der Waals surface area (Å²) in [5.74, 6) is -0.911. The Balaban J connectivity index is 2.20. The van der Waals surface area contributed by atoms with Crippen molar-refractivity contribution >= 4 is 18.0 Å². The maximum atomic E-state index is 12.6. The zero-order valence-electron chi connectivity index (χ0n) is 16.7. The third-order valence-corrected chi connectivity index (χ3v) is 4.75. The molecule has 0 radical (unpaired) electrons. The van der Waals surface area contributed by atoms with Gasteiger partial charge in [0.2, 0.25) is 5.91 Å². The fourth-order valence-electron chi connectivity index (χ4n) is 3.84. The van der Waals surface area contributed by atoms with Gasteiger partial charge in [-0.3, -0.25) is 9.59 Å². The molecule has 2 fully saturated rings. The van der Waals surface area contributed by atoms with Gasteiger partial charge in [-0.1, -0.05) is 6.08 Å². The molecule has 0 aromatic carbocycles. The van der Waals surface area contributed by atoms with Crippen LogP contribution in [-0.2, 0) is 19.1 Å². The van der Waals surface area contributed by atoms with Gasteiger partial charge in [0.15, 0.2) is 0 Å². The molecule has 0 bridgehead atoms. The molecule has 0 aromatic rings. The number of ether oxygens (including phenoxy) is 2. The van der Waals surface area contributed by atoms with Crippen LogP contribution in [0.3, 0.4) is 0 Å². The molecule has 2 rings (SSSR count). The Morgan fingerprint density at radius 3 is 2.23 bits per heavy atom. The number of hydrogen-bond donors (Lipinski definition) is 0. The van der Waals surface area contributed by atoms with Crippen molar-refractivity contribution in [2.24, 2.45) is 17.8 Å². The van der Waals surface area contributed by atoms with E-state index in [4.69, 9.17) is 9.47 Å². The Labute approximate surface area is 155 Å². The van der Waals surface area contributed by atoms with Crippen LogP contribution in [0, 0.1) is 17.8 Å². The second kappa shape index (κ2) is 7.05. The van der Waals surface area contributed by atoms with Crippen LogP contribution in [-0.4, -0.2) is 40.1 Å². The molecule has 1 aliphatic heterocycles. The third kappa shape index (κ3) is 4.46. The third-order valence-electron chi connectivity index (χ3n) is 4.75. The summed E-state index contributed by atoms with van der Waals surface area (Å²) in [5, 5.41) is 0. The van der Waals surface area contributed by atoms with E-state index in [0.717, 1.165) is 0 Å². The maximum Gasteiger partial charge on any atom is 0.417 e. The van der Waals surface area contributed by atoms with Crippen molar-refractivity contribution in [2.45, 2.75) is 78.0 Å². The fourth-order valence-corrected chi connectivity index (χ4v) is 3.84. The van der Waals surface area contributed by atoms with E-state index in [9.17, 15) is 14.4 Å². The van der Waals surface area contributed by atoms with Crippen LogP contribution in [0.5, 0.6) is 0 Å². The molecule has 6 nitrogen and oxygen atoms in total. The highest BCUT2D eigenvalue weighted by Gasteiger charge is 2.58. The predicted octanol–water partition coefficient (Wildman–Crippen LogP) is 3.69. The summed E-state index contributed by atoms with van der Waals surface area (Å²) in [7, 11) is 0. The lowest BCUT2D eigenvalue weighted by atomic mass is 9.59. The molecule has 4 atom stereocenters. The summed E-state index contributed by atoms with van der Waals surface area (Å²) >= 11 is 0. The molecule has 1 saturated heterocycles. The first-order chi connectivity index (χ1) is 11.8. The average molecular weight is 365 g/mol. The zero-order chi connectivity index (χ0) is 19.9. The summed E-state index contributed by atoms with van der Waals surface area (Å²) < 4.78 is 10.9. The Hall–Kier alpha value is -1.85. The quantitative estimate of drug-likeness (QED) is 0.563. The monoisotopic (exact) mass is 365 g/mol. The summed E-state index contributed by atoms with van der Waals surface area (Å²) in [6.07, 6.45) is 2.41. The number of likely N-dealkylation sites (tertiary alicyclic amines) is 1. The topological polar surface area (TPSA) is 72.9 Å². The maximum absolute atomic E-state index is 12.6. The molecular formula is C20H31NO5. The smallest absolute Gasteiger partial charge is 0.417 e. The minimum Gasteiger partial charge on any atom is -0.460 e. The van der Waals surface area contributed by atoms with E-state index < -0.39 is 17.3 Å². The van der Waals surface area contributed by atoms with Gasteiger partial charge in [0.1, 0.15) is 11.2 Å². The van der Waals surface area contributed by atoms with Gasteiger partial charge in [-0.2, -0.15) is 0 Å². The van der Waals surface area contributed by atoms with E-state index in [1.807, 2.05) is 20.8 Å². The summed E-state index contributed by atoms with van der Waals surface area (Å²) in [6, 6.07) is -0.312. The second-order valence-corrected chi connectivity index (χ2v) is 9.25. The van der Waals surface area contributed by atoms with Gasteiger partial charge in [0, 0.05) is 12.5 Å². The molecule has 0 N–H and O–H groups in total. The Morgan fingerprint density at radius 1 is 1.15 bits per heavy atom. The highest BCUT2D eigenvalue weighted by Crippen LogP contribution is 2.50. The molecule has 0 spiro atoms. The normalized spacial score (nSPS) is 28.7. The Morgan fingerprint density at radius 2 is 1.73 bits per heavy atom. The molecule has 0 aromatic heterocycles. The Kier molecular flexibility index (Phi) is 5.54. The van der Waals surface area contributed by atoms with Crippen molar-refractivity contribution < 1.29 is 23.9 Å². The molecule has 6 heteroatoms. The number of nitrogens with zero attached hydrogens (tertiary/aromatic N) is 1. The van der Waals surface area contributed by atoms with E-state index in [0.29, 0.717) is 12.8 Å². The predicted molar refractivity (Wildman–Crippen MR) is 97.2 cm³/mol. The van der Waals surface area contributed by atoms with E-state index in [1.165, 1.54) is 4.90 Å². The molecule has 2 amide bonds. The highest BCUT2D eigenvalue weighted by molar-refractivity contribution is 5.94. The second-order valence-electron chi connectivity index (χ2n) is 9.25. The number of fused-ring (bicyclic) bond motifs is 1. The molecule has 1 saturated carbocycles. The number of esters is 1. The lowest BCUT2D eigenvalue weighted by molar-refractivity contribution is -0.180. The average Bonchev–Trinajstić information content (AvgIpc) is 2.37. The van der Waals surface area contributed by atoms with Crippen LogP contribution >= 0.6 is 0 Å². The number of imide groups is 1. The van der Waals surface area contributed by atoms with Gasteiger partial charge in [-0.05, 0) is 66.2 Å². The van der Waals surface area contributed by atoms with Gasteiger partial charge >= 0.3 is 12.1 Å². The standard InChI is InChI=1S/C20H31NO5/c1-8-9-12-10-15(22)21(18(24)26-20(5,6)7)14-11-13(16(12)14)17(23)25-19(2,3)4/h8,12-14,16H,1,9-11H2,2-7H3/t12-,13+,14+,16-/m1/s1. The van der Waals surface area contributed by atoms with Crippen molar-refractivity contribution in [2.75, 3.05) is 0 Å². The van der Waals surface area contributed by atoms with Crippen molar-refractivity contribution in [3.63, 3.8) is 0 Å². The van der Waals surface area contributed by atoms with Gasteiger partial charge in [0.05, 0.1) is 5.92 Å². The van der Waals surface area contributed by atoms with Crippen LogP contribution in [0.1, 0.15) is 60.8 Å². The molecule has 26 heavy (non-hydrogen) atoms. The van der Waals surface area contributed by atoms with Crippen LogP contribution in [0.15, 0.2) is 12.7 Å². The molecule has 146 valence electrons. The van der Waals surface area contributed by atoms with E-state index >= 15 is 0 Å². The first-order valence-electron chi connectivity index (χ1n) is 9.23. The highest BCUT2D eigenvalue weighted by atomic mass is 16.6. The summed E-state index contributed by atoms with van der Waals surface area (Å²) in [6.45, 7) is 14.6. The largest absolute Gasteiger partial charge is 0.460 e. The number of piperidine rings is 1. The van der Waals surface area contributed by atoms with Crippen molar-refractivity contribution in [1.82, 2.24) is 4.90 Å². The summed E-state index contributed by atoms with van der Waals surface area (Å²) in [5.41, 5.74) is -1.25. The minimum atomic E-state index is -0.681. The lowest BCUT2D eigenvalue weighted by Gasteiger charge is -2.54. The van der Waals surface area contributed by atoms with Crippen LogP contribution < -0.4 is 0 Å². The lowest BCUT2D eigenvalue weighted by Crippen LogP contribution is -2.65. The first kappa shape index (κ1) is 20.5. The number of amides is 2. The van der Waals surface area contributed by atoms with Crippen molar-refractivity contribution in [3.05, 3.63) is 12.7 Å². The van der Waals surface area contributed by atoms with Crippen LogP contribution in [0.2, 0.25) is 0 Å². The molecular weight excluding hydrogens is 334 g/mol. The first-order valence-corrected chi connectivity index (χ1v) is 9.23. The number of carbonyl (C=O) groups excluding carboxylic acids is 3. The van der Waals surface area contributed by atoms with Gasteiger partial charge in [-0.15, -0.1) is 6.58 Å². The SMILES string of the molecule is C=CC[C@@H]1CC(=O)N(C(=O)OC(C)(C)C)[C@H]2C[C@H](C(=O)OC(C)(C)C)[C@@H]12. The molecule has 2 aliphatic rings. The van der Waals surface area contributed by atoms with E-state index in [-0.39, 0.29) is 42.1 Å². The minimum absolute atomic E-state index is 0.00467. The number of carbonyl (C=O) groups is 3. The van der Waals surface area contributed by atoms with E-state index in [2.05, 4.69) is 6.58 Å². The van der Waals surface area contributed by atoms with E-state index in [1.54, 1.807) is 26.8 Å². The van der Waals surface area contributed by atoms with Gasteiger partial charge in [-0.25, -0.2) is 9.69 Å². The number of hydrogen-bond acceptors (Lipinski definition) is 5. The summed E-state index contributed by atoms with van der Waals surface area (Å²) in [4.78, 5) is 38.9. The molecule has 1 heterocycles.